The van der Waals surface area contributed by atoms with Crippen molar-refractivity contribution in [2.45, 2.75) is 27.7 Å². The van der Waals surface area contributed by atoms with Crippen molar-refractivity contribution in [3.8, 4) is 11.5 Å². The number of nitrogens with zero attached hydrogens (tertiary/aromatic N) is 2. The van der Waals surface area contributed by atoms with Crippen LogP contribution < -0.4 is 20.3 Å². The molecule has 0 aliphatic carbocycles. The Morgan fingerprint density at radius 2 is 1.79 bits per heavy atom. The van der Waals surface area contributed by atoms with Gasteiger partial charge in [0.05, 0.1) is 18.6 Å². The molecule has 152 valence electrons. The van der Waals surface area contributed by atoms with E-state index in [4.69, 9.17) is 9.47 Å². The van der Waals surface area contributed by atoms with Crippen molar-refractivity contribution in [2.75, 3.05) is 13.7 Å². The van der Waals surface area contributed by atoms with Gasteiger partial charge < -0.3 is 9.47 Å². The topological polar surface area (TPSA) is 102 Å². The molecule has 0 radical (unpaired) electrons. The van der Waals surface area contributed by atoms with Gasteiger partial charge in [0.1, 0.15) is 10.7 Å². The quantitative estimate of drug-likeness (QED) is 0.622. The lowest BCUT2D eigenvalue weighted by molar-refractivity contribution is 0.0848. The van der Waals surface area contributed by atoms with Gasteiger partial charge >= 0.3 is 0 Å². The number of thiophene rings is 1. The van der Waals surface area contributed by atoms with Crippen LogP contribution in [0.4, 0.5) is 0 Å². The molecule has 2 heterocycles. The van der Waals surface area contributed by atoms with Gasteiger partial charge in [0, 0.05) is 16.6 Å². The van der Waals surface area contributed by atoms with E-state index < -0.39 is 11.8 Å². The van der Waals surface area contributed by atoms with E-state index >= 15 is 0 Å². The van der Waals surface area contributed by atoms with E-state index in [1.807, 2.05) is 27.7 Å². The molecule has 2 N–H and O–H groups in total. The maximum atomic E-state index is 12.6. The number of hydrazine groups is 1. The van der Waals surface area contributed by atoms with Crippen LogP contribution in [0.2, 0.25) is 0 Å². The molecule has 0 unspecified atom stereocenters. The number of methoxy groups -OCH3 is 1. The fraction of sp³-hybridized carbons (Fsp3) is 0.300. The van der Waals surface area contributed by atoms with Crippen molar-refractivity contribution in [1.29, 1.82) is 0 Å². The molecule has 29 heavy (non-hydrogen) atoms. The van der Waals surface area contributed by atoms with Crippen LogP contribution in [0.15, 0.2) is 18.2 Å². The highest BCUT2D eigenvalue weighted by atomic mass is 32.1. The molecule has 0 spiro atoms. The number of carbonyl (C=O) groups is 2. The lowest BCUT2D eigenvalue weighted by Gasteiger charge is -2.11. The summed E-state index contributed by atoms with van der Waals surface area (Å²) in [6.45, 7) is 7.89. The first-order chi connectivity index (χ1) is 13.8. The molecule has 0 atom stereocenters. The summed E-state index contributed by atoms with van der Waals surface area (Å²) in [5.74, 6) is 0.763. The predicted molar refractivity (Wildman–Crippen MR) is 111 cm³/mol. The molecule has 3 rings (SSSR count). The van der Waals surface area contributed by atoms with Crippen LogP contribution in [0, 0.1) is 20.8 Å². The number of hydrogen-bond donors (Lipinski definition) is 2. The summed E-state index contributed by atoms with van der Waals surface area (Å²) >= 11 is 1.27. The largest absolute Gasteiger partial charge is 0.493 e. The maximum Gasteiger partial charge on any atom is 0.280 e. The first kappa shape index (κ1) is 20.5. The second kappa shape index (κ2) is 8.44. The zero-order valence-electron chi connectivity index (χ0n) is 16.9. The van der Waals surface area contributed by atoms with Crippen LogP contribution in [0.5, 0.6) is 11.5 Å². The maximum absolute atomic E-state index is 12.6. The third-order valence-corrected chi connectivity index (χ3v) is 5.49. The van der Waals surface area contributed by atoms with Crippen LogP contribution >= 0.6 is 11.3 Å². The zero-order valence-corrected chi connectivity index (χ0v) is 17.7. The van der Waals surface area contributed by atoms with Crippen LogP contribution in [0.1, 0.15) is 44.0 Å². The number of benzene rings is 1. The first-order valence-electron chi connectivity index (χ1n) is 9.01. The lowest BCUT2D eigenvalue weighted by atomic mass is 10.1. The number of aryl methyl sites for hydroxylation is 3. The number of aromatic nitrogens is 2. The van der Waals surface area contributed by atoms with Gasteiger partial charge in [-0.1, -0.05) is 0 Å². The van der Waals surface area contributed by atoms with Crippen molar-refractivity contribution in [3.63, 3.8) is 0 Å². The van der Waals surface area contributed by atoms with E-state index in [1.54, 1.807) is 18.2 Å². The van der Waals surface area contributed by atoms with Crippen molar-refractivity contribution in [3.05, 3.63) is 45.7 Å². The van der Waals surface area contributed by atoms with Crippen LogP contribution in [0.25, 0.3) is 10.2 Å². The van der Waals surface area contributed by atoms with Gasteiger partial charge in [0.2, 0.25) is 0 Å². The molecule has 0 aliphatic heterocycles. The number of hydrogen-bond acceptors (Lipinski definition) is 7. The van der Waals surface area contributed by atoms with Crippen LogP contribution in [-0.4, -0.2) is 35.5 Å². The highest BCUT2D eigenvalue weighted by Crippen LogP contribution is 2.31. The Balaban J connectivity index is 1.75. The van der Waals surface area contributed by atoms with E-state index in [-0.39, 0.29) is 0 Å². The van der Waals surface area contributed by atoms with E-state index in [1.165, 1.54) is 18.4 Å². The Hall–Kier alpha value is -3.20. The number of ether oxygens (including phenoxy) is 2. The summed E-state index contributed by atoms with van der Waals surface area (Å²) in [5.41, 5.74) is 6.84. The summed E-state index contributed by atoms with van der Waals surface area (Å²) in [7, 11) is 1.50. The van der Waals surface area contributed by atoms with Gasteiger partial charge in [-0.25, -0.2) is 9.97 Å². The fourth-order valence-electron chi connectivity index (χ4n) is 3.02. The summed E-state index contributed by atoms with van der Waals surface area (Å²) in [6.07, 6.45) is 0. The smallest absolute Gasteiger partial charge is 0.280 e. The highest BCUT2D eigenvalue weighted by Gasteiger charge is 2.19. The van der Waals surface area contributed by atoms with Crippen molar-refractivity contribution < 1.29 is 19.1 Å². The molecular formula is C20H22N4O4S. The molecule has 2 amide bonds. The average molecular weight is 414 g/mol. The Kier molecular flexibility index (Phi) is 5.97. The Morgan fingerprint density at radius 1 is 1.07 bits per heavy atom. The minimum Gasteiger partial charge on any atom is -0.493 e. The highest BCUT2D eigenvalue weighted by molar-refractivity contribution is 7.20. The van der Waals surface area contributed by atoms with E-state index in [2.05, 4.69) is 20.8 Å². The number of rotatable bonds is 5. The Morgan fingerprint density at radius 3 is 2.48 bits per heavy atom. The van der Waals surface area contributed by atoms with Gasteiger partial charge in [-0.15, -0.1) is 11.3 Å². The molecule has 0 fully saturated rings. The van der Waals surface area contributed by atoms with Gasteiger partial charge in [-0.3, -0.25) is 20.4 Å². The summed E-state index contributed by atoms with van der Waals surface area (Å²) in [4.78, 5) is 35.0. The molecule has 0 aliphatic rings. The second-order valence-electron chi connectivity index (χ2n) is 6.30. The van der Waals surface area contributed by atoms with Crippen molar-refractivity contribution in [1.82, 2.24) is 20.8 Å². The number of fused-ring (bicyclic) bond motifs is 1. The molecule has 2 aromatic heterocycles. The standard InChI is InChI=1S/C20H22N4O4S/c1-6-28-14-8-7-13(9-15(14)27-5)18(25)23-24-19(26)17-10(2)16-11(3)21-12(4)22-20(16)29-17/h7-9H,6H2,1-5H3,(H,23,25)(H,24,26). The molecule has 9 heteroatoms. The monoisotopic (exact) mass is 414 g/mol. The minimum atomic E-state index is -0.467. The zero-order chi connectivity index (χ0) is 21.1. The van der Waals surface area contributed by atoms with Crippen LogP contribution in [0.3, 0.4) is 0 Å². The summed E-state index contributed by atoms with van der Waals surface area (Å²) in [5, 5.41) is 0.869. The van der Waals surface area contributed by atoms with Gasteiger partial charge in [-0.2, -0.15) is 0 Å². The third kappa shape index (κ3) is 4.14. The first-order valence-corrected chi connectivity index (χ1v) is 9.83. The average Bonchev–Trinajstić information content (AvgIpc) is 3.02. The van der Waals surface area contributed by atoms with Crippen LogP contribution in [-0.2, 0) is 0 Å². The molecule has 0 bridgehead atoms. The third-order valence-electron chi connectivity index (χ3n) is 4.30. The number of amides is 2. The molecule has 0 saturated carbocycles. The fourth-order valence-corrected chi connectivity index (χ4v) is 4.19. The number of nitrogens with one attached hydrogen (secondary N) is 2. The Bertz CT molecular complexity index is 1090. The SMILES string of the molecule is CCOc1ccc(C(=O)NNC(=O)c2sc3nc(C)nc(C)c3c2C)cc1OC. The minimum absolute atomic E-state index is 0.330. The molecule has 0 saturated heterocycles. The summed E-state index contributed by atoms with van der Waals surface area (Å²) < 4.78 is 10.7. The molecule has 8 nitrogen and oxygen atoms in total. The summed E-state index contributed by atoms with van der Waals surface area (Å²) in [6, 6.07) is 4.80. The van der Waals surface area contributed by atoms with Crippen molar-refractivity contribution >= 4 is 33.4 Å². The van der Waals surface area contributed by atoms with Gasteiger partial charge in [0.15, 0.2) is 11.5 Å². The van der Waals surface area contributed by atoms with Gasteiger partial charge in [0.25, 0.3) is 11.8 Å². The normalized spacial score (nSPS) is 10.7. The van der Waals surface area contributed by atoms with E-state index in [0.717, 1.165) is 21.5 Å². The predicted octanol–water partition coefficient (Wildman–Crippen LogP) is 3.10. The van der Waals surface area contributed by atoms with E-state index in [9.17, 15) is 9.59 Å². The lowest BCUT2D eigenvalue weighted by Crippen LogP contribution is -2.41. The van der Waals surface area contributed by atoms with Gasteiger partial charge in [-0.05, 0) is 51.5 Å². The Labute approximate surface area is 172 Å². The van der Waals surface area contributed by atoms with Crippen molar-refractivity contribution in [2.24, 2.45) is 0 Å². The number of carbonyl (C=O) groups excluding carboxylic acids is 2. The molecular weight excluding hydrogens is 392 g/mol. The molecule has 3 aromatic rings. The second-order valence-corrected chi connectivity index (χ2v) is 7.30. The molecule has 1 aromatic carbocycles. The van der Waals surface area contributed by atoms with E-state index in [0.29, 0.717) is 34.4 Å².